The molecule has 2 aliphatic rings. The van der Waals surface area contributed by atoms with E-state index in [1.165, 1.54) is 12.1 Å². The Morgan fingerprint density at radius 3 is 2.53 bits per heavy atom. The van der Waals surface area contributed by atoms with E-state index in [1.54, 1.807) is 37.1 Å². The maximum Gasteiger partial charge on any atom is 0.154 e. The number of carbonyl (C=O) groups is 1. The van der Waals surface area contributed by atoms with E-state index in [9.17, 15) is 22.7 Å². The number of fused-ring (bicyclic) bond motifs is 3. The molecule has 2 aromatic rings. The normalized spacial score (nSPS) is 19.9. The number of sulfone groups is 1. The van der Waals surface area contributed by atoms with Gasteiger partial charge in [-0.25, -0.2) is 12.8 Å². The molecule has 2 aliphatic heterocycles. The Bertz CT molecular complexity index is 1300. The molecular weight excluding hydrogens is 455 g/mol. The van der Waals surface area contributed by atoms with Crippen molar-refractivity contribution in [1.82, 2.24) is 4.90 Å². The molecule has 2 heterocycles. The molecule has 34 heavy (non-hydrogen) atoms. The second kappa shape index (κ2) is 9.64. The van der Waals surface area contributed by atoms with Crippen LogP contribution in [0.3, 0.4) is 0 Å². The number of rotatable bonds is 7. The summed E-state index contributed by atoms with van der Waals surface area (Å²) < 4.78 is 38.3. The molecule has 178 valence electrons. The highest BCUT2D eigenvalue weighted by Gasteiger charge is 2.31. The molecule has 8 heteroatoms. The number of aliphatic hydroxyl groups is 1. The Kier molecular flexibility index (Phi) is 6.81. The molecule has 2 atom stereocenters. The van der Waals surface area contributed by atoms with E-state index in [0.717, 1.165) is 28.6 Å². The first-order valence-electron chi connectivity index (χ1n) is 11.2. The lowest BCUT2D eigenvalue weighted by Crippen LogP contribution is -2.32. The van der Waals surface area contributed by atoms with Crippen molar-refractivity contribution in [3.05, 3.63) is 88.4 Å². The second-order valence-electron chi connectivity index (χ2n) is 8.53. The van der Waals surface area contributed by atoms with E-state index >= 15 is 0 Å². The van der Waals surface area contributed by atoms with Crippen LogP contribution in [0, 0.1) is 5.82 Å². The standard InChI is InChI=1S/C26H27FN2O4S/c1-3-34(32,33)16-17-4-9-21-22(12-17)24-14-29(2)20(15-31)13-23(24)25(10-11-30)28-26(21)18-5-7-19(27)8-6-18/h4-9,12-15,20,25,30H,3,10-11,16H2,1-2H3/t20?,25-/m0/s1. The number of halogens is 1. The van der Waals surface area contributed by atoms with Crippen molar-refractivity contribution in [3.8, 4) is 0 Å². The third kappa shape index (κ3) is 4.74. The maximum absolute atomic E-state index is 13.7. The van der Waals surface area contributed by atoms with Gasteiger partial charge >= 0.3 is 0 Å². The van der Waals surface area contributed by atoms with E-state index in [4.69, 9.17) is 4.99 Å². The zero-order valence-corrected chi connectivity index (χ0v) is 19.9. The van der Waals surface area contributed by atoms with Crippen molar-refractivity contribution in [2.75, 3.05) is 19.4 Å². The maximum atomic E-state index is 13.7. The molecule has 4 rings (SSSR count). The highest BCUT2D eigenvalue weighted by Crippen LogP contribution is 2.39. The minimum absolute atomic E-state index is 0.0442. The van der Waals surface area contributed by atoms with Crippen LogP contribution in [0.2, 0.25) is 0 Å². The number of likely N-dealkylation sites (N-methyl/N-ethyl adjacent to an activating group) is 1. The van der Waals surface area contributed by atoms with Gasteiger partial charge in [-0.3, -0.25) is 4.99 Å². The monoisotopic (exact) mass is 482 g/mol. The van der Waals surface area contributed by atoms with Crippen molar-refractivity contribution in [2.45, 2.75) is 31.2 Å². The Morgan fingerprint density at radius 1 is 1.15 bits per heavy atom. The molecule has 2 aromatic carbocycles. The van der Waals surface area contributed by atoms with Crippen molar-refractivity contribution < 1.29 is 22.7 Å². The predicted molar refractivity (Wildman–Crippen MR) is 131 cm³/mol. The molecule has 0 radical (unpaired) electrons. The molecule has 0 aliphatic carbocycles. The minimum atomic E-state index is -3.25. The Labute approximate surface area is 199 Å². The number of aliphatic imine (C=N–C) groups is 1. The summed E-state index contributed by atoms with van der Waals surface area (Å²) in [5.74, 6) is -0.401. The van der Waals surface area contributed by atoms with Crippen LogP contribution in [-0.2, 0) is 20.4 Å². The van der Waals surface area contributed by atoms with Crippen molar-refractivity contribution in [1.29, 1.82) is 0 Å². The van der Waals surface area contributed by atoms with Crippen LogP contribution >= 0.6 is 0 Å². The van der Waals surface area contributed by atoms with Crippen LogP contribution in [0.4, 0.5) is 4.39 Å². The third-order valence-corrected chi connectivity index (χ3v) is 7.88. The summed E-state index contributed by atoms with van der Waals surface area (Å²) in [5, 5.41) is 9.77. The zero-order chi connectivity index (χ0) is 24.5. The number of hydrogen-bond donors (Lipinski definition) is 1. The topological polar surface area (TPSA) is 87.0 Å². The molecule has 0 saturated heterocycles. The number of aliphatic hydroxyl groups excluding tert-OH is 1. The Hall–Kier alpha value is -3.10. The van der Waals surface area contributed by atoms with Gasteiger partial charge in [0.1, 0.15) is 18.1 Å². The molecule has 0 fully saturated rings. The summed E-state index contributed by atoms with van der Waals surface area (Å²) in [6.07, 6.45) is 4.91. The van der Waals surface area contributed by atoms with Crippen molar-refractivity contribution >= 4 is 27.4 Å². The first-order chi connectivity index (χ1) is 16.3. The van der Waals surface area contributed by atoms with Gasteiger partial charge in [-0.2, -0.15) is 0 Å². The average Bonchev–Trinajstić information content (AvgIpc) is 2.94. The second-order valence-corrected chi connectivity index (χ2v) is 10.9. The van der Waals surface area contributed by atoms with E-state index < -0.39 is 21.9 Å². The SMILES string of the molecule is CCS(=O)(=O)Cc1ccc2c(c1)C1=CN(C)C(C=O)C=C1[C@H](CCO)N=C2c1ccc(F)cc1. The first kappa shape index (κ1) is 24.0. The van der Waals surface area contributed by atoms with Gasteiger partial charge < -0.3 is 14.8 Å². The minimum Gasteiger partial charge on any atom is -0.396 e. The summed E-state index contributed by atoms with van der Waals surface area (Å²) >= 11 is 0. The highest BCUT2D eigenvalue weighted by molar-refractivity contribution is 7.90. The van der Waals surface area contributed by atoms with E-state index in [2.05, 4.69) is 0 Å². The van der Waals surface area contributed by atoms with Crippen molar-refractivity contribution in [2.24, 2.45) is 4.99 Å². The summed E-state index contributed by atoms with van der Waals surface area (Å²) in [4.78, 5) is 18.5. The summed E-state index contributed by atoms with van der Waals surface area (Å²) in [6.45, 7) is 1.52. The molecule has 0 aromatic heterocycles. The largest absolute Gasteiger partial charge is 0.396 e. The van der Waals surface area contributed by atoms with Crippen LogP contribution in [0.25, 0.3) is 5.57 Å². The smallest absolute Gasteiger partial charge is 0.154 e. The van der Waals surface area contributed by atoms with Gasteiger partial charge in [0.15, 0.2) is 9.84 Å². The lowest BCUT2D eigenvalue weighted by atomic mass is 9.86. The lowest BCUT2D eigenvalue weighted by Gasteiger charge is -2.30. The Balaban J connectivity index is 1.97. The van der Waals surface area contributed by atoms with E-state index in [-0.39, 0.29) is 23.9 Å². The molecule has 0 amide bonds. The number of benzene rings is 2. The van der Waals surface area contributed by atoms with Crippen molar-refractivity contribution in [3.63, 3.8) is 0 Å². The van der Waals surface area contributed by atoms with E-state index in [0.29, 0.717) is 23.3 Å². The molecule has 1 unspecified atom stereocenters. The van der Waals surface area contributed by atoms with E-state index in [1.807, 2.05) is 24.4 Å². The van der Waals surface area contributed by atoms with Gasteiger partial charge in [-0.1, -0.05) is 19.1 Å². The summed E-state index contributed by atoms with van der Waals surface area (Å²) in [7, 11) is -1.44. The molecular formula is C26H27FN2O4S. The fourth-order valence-electron chi connectivity index (χ4n) is 4.35. The predicted octanol–water partition coefficient (Wildman–Crippen LogP) is 3.14. The summed E-state index contributed by atoms with van der Waals surface area (Å²) in [6, 6.07) is 10.6. The molecule has 0 spiro atoms. The van der Waals surface area contributed by atoms with Crippen LogP contribution in [0.15, 0.2) is 65.3 Å². The van der Waals surface area contributed by atoms with Gasteiger partial charge in [0.05, 0.1) is 17.5 Å². The zero-order valence-electron chi connectivity index (χ0n) is 19.1. The van der Waals surface area contributed by atoms with Crippen LogP contribution in [0.1, 0.15) is 35.6 Å². The summed E-state index contributed by atoms with van der Waals surface area (Å²) in [5.41, 5.74) is 5.18. The lowest BCUT2D eigenvalue weighted by molar-refractivity contribution is -0.110. The molecule has 0 saturated carbocycles. The van der Waals surface area contributed by atoms with Gasteiger partial charge in [0.25, 0.3) is 0 Å². The fourth-order valence-corrected chi connectivity index (χ4v) is 5.24. The van der Waals surface area contributed by atoms with Gasteiger partial charge in [-0.05, 0) is 59.5 Å². The number of nitrogens with zero attached hydrogens (tertiary/aromatic N) is 2. The fraction of sp³-hybridized carbons (Fsp3) is 0.308. The van der Waals surface area contributed by atoms with Gasteiger partial charge in [-0.15, -0.1) is 0 Å². The van der Waals surface area contributed by atoms with Crippen LogP contribution in [-0.4, -0.2) is 61.9 Å². The van der Waals surface area contributed by atoms with Gasteiger partial charge in [0.2, 0.25) is 0 Å². The third-order valence-electron chi connectivity index (χ3n) is 6.22. The van der Waals surface area contributed by atoms with Crippen LogP contribution in [0.5, 0.6) is 0 Å². The molecule has 0 bridgehead atoms. The highest BCUT2D eigenvalue weighted by atomic mass is 32.2. The average molecular weight is 483 g/mol. The molecule has 6 nitrogen and oxygen atoms in total. The first-order valence-corrected chi connectivity index (χ1v) is 13.0. The molecule has 1 N–H and O–H groups in total. The Morgan fingerprint density at radius 2 is 1.88 bits per heavy atom. The van der Waals surface area contributed by atoms with Crippen LogP contribution < -0.4 is 0 Å². The number of hydrogen-bond acceptors (Lipinski definition) is 6. The number of aldehydes is 1. The quantitative estimate of drug-likeness (QED) is 0.613. The van der Waals surface area contributed by atoms with Gasteiger partial charge in [0, 0.05) is 42.3 Å². The number of carbonyl (C=O) groups excluding carboxylic acids is 1.